The zero-order chi connectivity index (χ0) is 18.8. The molecule has 0 saturated heterocycles. The van der Waals surface area contributed by atoms with Gasteiger partial charge in [-0.1, -0.05) is 12.1 Å². The Hall–Kier alpha value is -2.51. The predicted molar refractivity (Wildman–Crippen MR) is 88.5 cm³/mol. The van der Waals surface area contributed by atoms with E-state index in [0.29, 0.717) is 17.6 Å². The second-order valence-electron chi connectivity index (χ2n) is 6.33. The predicted octanol–water partition coefficient (Wildman–Crippen LogP) is 4.45. The van der Waals surface area contributed by atoms with Gasteiger partial charge in [0, 0.05) is 13.2 Å². The van der Waals surface area contributed by atoms with Gasteiger partial charge in [0.25, 0.3) is 0 Å². The lowest BCUT2D eigenvalue weighted by Crippen LogP contribution is -2.25. The van der Waals surface area contributed by atoms with Crippen LogP contribution in [-0.2, 0) is 6.18 Å². The van der Waals surface area contributed by atoms with Crippen molar-refractivity contribution in [2.24, 2.45) is 0 Å². The SMILES string of the molecule is COc1ncc(C(F)(F)F)c(N(C)c2ccccc2OC(C)(C)C)n1. The number of benzene rings is 1. The number of rotatable bonds is 4. The van der Waals surface area contributed by atoms with E-state index in [0.717, 1.165) is 0 Å². The molecule has 0 unspecified atom stereocenters. The molecule has 0 aliphatic carbocycles. The van der Waals surface area contributed by atoms with Gasteiger partial charge in [-0.3, -0.25) is 0 Å². The van der Waals surface area contributed by atoms with Crippen molar-refractivity contribution in [3.63, 3.8) is 0 Å². The molecule has 1 aromatic carbocycles. The number of alkyl halides is 3. The van der Waals surface area contributed by atoms with E-state index in [9.17, 15) is 13.2 Å². The molecule has 2 aromatic rings. The molecule has 0 N–H and O–H groups in total. The van der Waals surface area contributed by atoms with Crippen molar-refractivity contribution < 1.29 is 22.6 Å². The van der Waals surface area contributed by atoms with E-state index >= 15 is 0 Å². The number of aromatic nitrogens is 2. The molecule has 5 nitrogen and oxygen atoms in total. The van der Waals surface area contributed by atoms with Gasteiger partial charge < -0.3 is 14.4 Å². The molecule has 0 amide bonds. The van der Waals surface area contributed by atoms with E-state index in [-0.39, 0.29) is 11.8 Å². The highest BCUT2D eigenvalue weighted by atomic mass is 19.4. The van der Waals surface area contributed by atoms with Crippen molar-refractivity contribution in [2.45, 2.75) is 32.5 Å². The topological polar surface area (TPSA) is 47.5 Å². The molecule has 1 aromatic heterocycles. The maximum atomic E-state index is 13.4. The lowest BCUT2D eigenvalue weighted by atomic mass is 10.1. The van der Waals surface area contributed by atoms with Gasteiger partial charge in [-0.2, -0.15) is 18.2 Å². The van der Waals surface area contributed by atoms with Crippen molar-refractivity contribution in [3.8, 4) is 11.8 Å². The molecule has 0 aliphatic rings. The second-order valence-corrected chi connectivity index (χ2v) is 6.33. The monoisotopic (exact) mass is 355 g/mol. The van der Waals surface area contributed by atoms with Gasteiger partial charge in [-0.05, 0) is 32.9 Å². The van der Waals surface area contributed by atoms with Crippen LogP contribution in [0.25, 0.3) is 0 Å². The Morgan fingerprint density at radius 2 is 1.72 bits per heavy atom. The summed E-state index contributed by atoms with van der Waals surface area (Å²) in [7, 11) is 2.78. The Labute approximate surface area is 144 Å². The molecule has 0 aliphatic heterocycles. The molecule has 2 rings (SSSR count). The van der Waals surface area contributed by atoms with Gasteiger partial charge in [0.1, 0.15) is 16.9 Å². The molecule has 0 radical (unpaired) electrons. The van der Waals surface area contributed by atoms with Gasteiger partial charge in [0.05, 0.1) is 12.8 Å². The molecule has 1 heterocycles. The number of halogens is 3. The van der Waals surface area contributed by atoms with E-state index in [4.69, 9.17) is 9.47 Å². The first-order valence-electron chi connectivity index (χ1n) is 7.53. The number of anilines is 2. The Morgan fingerprint density at radius 1 is 1.08 bits per heavy atom. The third kappa shape index (κ3) is 4.52. The number of hydrogen-bond acceptors (Lipinski definition) is 5. The number of ether oxygens (including phenoxy) is 2. The van der Waals surface area contributed by atoms with Crippen LogP contribution in [0, 0.1) is 0 Å². The summed E-state index contributed by atoms with van der Waals surface area (Å²) in [6.07, 6.45) is -3.89. The standard InChI is InChI=1S/C17H20F3N3O2/c1-16(2,3)25-13-9-7-6-8-12(13)23(4)14-11(17(18,19)20)10-21-15(22-14)24-5/h6-10H,1-5H3. The maximum absolute atomic E-state index is 13.4. The summed E-state index contributed by atoms with van der Waals surface area (Å²) < 4.78 is 50.8. The van der Waals surface area contributed by atoms with E-state index in [1.54, 1.807) is 24.3 Å². The minimum atomic E-state index is -4.60. The molecule has 0 atom stereocenters. The molecule has 136 valence electrons. The molecule has 0 bridgehead atoms. The van der Waals surface area contributed by atoms with Crippen LogP contribution in [0.4, 0.5) is 24.7 Å². The fraction of sp³-hybridized carbons (Fsp3) is 0.412. The molecule has 25 heavy (non-hydrogen) atoms. The summed E-state index contributed by atoms with van der Waals surface area (Å²) in [4.78, 5) is 8.77. The minimum absolute atomic E-state index is 0.149. The van der Waals surface area contributed by atoms with Crippen LogP contribution in [0.5, 0.6) is 11.8 Å². The Kier molecular flexibility index (Phi) is 5.10. The largest absolute Gasteiger partial charge is 0.486 e. The van der Waals surface area contributed by atoms with Crippen LogP contribution in [0.2, 0.25) is 0 Å². The first-order valence-corrected chi connectivity index (χ1v) is 7.53. The lowest BCUT2D eigenvalue weighted by Gasteiger charge is -2.28. The molecular formula is C17H20F3N3O2. The fourth-order valence-electron chi connectivity index (χ4n) is 2.18. The average Bonchev–Trinajstić information content (AvgIpc) is 2.51. The van der Waals surface area contributed by atoms with Gasteiger partial charge in [0.2, 0.25) is 0 Å². The highest BCUT2D eigenvalue weighted by Crippen LogP contribution is 2.40. The first-order chi connectivity index (χ1) is 11.5. The first kappa shape index (κ1) is 18.8. The molecular weight excluding hydrogens is 335 g/mol. The lowest BCUT2D eigenvalue weighted by molar-refractivity contribution is -0.137. The zero-order valence-electron chi connectivity index (χ0n) is 14.7. The molecule has 0 fully saturated rings. The number of para-hydroxylation sites is 2. The van der Waals surface area contributed by atoms with Gasteiger partial charge in [0.15, 0.2) is 5.82 Å². The van der Waals surface area contributed by atoms with Crippen molar-refractivity contribution in [1.82, 2.24) is 9.97 Å². The minimum Gasteiger partial charge on any atom is -0.486 e. The summed E-state index contributed by atoms with van der Waals surface area (Å²) >= 11 is 0. The van der Waals surface area contributed by atoms with Crippen molar-refractivity contribution in [3.05, 3.63) is 36.0 Å². The third-order valence-corrected chi connectivity index (χ3v) is 3.19. The molecule has 0 saturated carbocycles. The van der Waals surface area contributed by atoms with Crippen LogP contribution in [0.1, 0.15) is 26.3 Å². The normalized spacial score (nSPS) is 12.0. The van der Waals surface area contributed by atoms with Crippen molar-refractivity contribution in [1.29, 1.82) is 0 Å². The number of methoxy groups -OCH3 is 1. The maximum Gasteiger partial charge on any atom is 0.421 e. The summed E-state index contributed by atoms with van der Waals surface area (Å²) in [6, 6.07) is 6.68. The smallest absolute Gasteiger partial charge is 0.421 e. The van der Waals surface area contributed by atoms with Gasteiger partial charge in [-0.25, -0.2) is 4.98 Å². The van der Waals surface area contributed by atoms with E-state index in [1.807, 2.05) is 20.8 Å². The van der Waals surface area contributed by atoms with Crippen LogP contribution in [-0.4, -0.2) is 29.7 Å². The van der Waals surface area contributed by atoms with Crippen LogP contribution in [0.15, 0.2) is 30.5 Å². The van der Waals surface area contributed by atoms with E-state index < -0.39 is 17.3 Å². The van der Waals surface area contributed by atoms with Crippen molar-refractivity contribution in [2.75, 3.05) is 19.1 Å². The van der Waals surface area contributed by atoms with Crippen LogP contribution < -0.4 is 14.4 Å². The Balaban J connectivity index is 2.56. The van der Waals surface area contributed by atoms with Crippen LogP contribution in [0.3, 0.4) is 0 Å². The highest BCUT2D eigenvalue weighted by Gasteiger charge is 2.37. The molecule has 0 spiro atoms. The van der Waals surface area contributed by atoms with Crippen LogP contribution >= 0.6 is 0 Å². The highest BCUT2D eigenvalue weighted by molar-refractivity contribution is 5.68. The van der Waals surface area contributed by atoms with E-state index in [1.165, 1.54) is 19.1 Å². The number of hydrogen-bond donors (Lipinski definition) is 0. The van der Waals surface area contributed by atoms with Crippen molar-refractivity contribution >= 4 is 11.5 Å². The van der Waals surface area contributed by atoms with E-state index in [2.05, 4.69) is 9.97 Å². The summed E-state index contributed by atoms with van der Waals surface area (Å²) in [5.41, 5.74) is -1.02. The molecule has 8 heteroatoms. The quantitative estimate of drug-likeness (QED) is 0.811. The number of nitrogens with zero attached hydrogens (tertiary/aromatic N) is 3. The average molecular weight is 355 g/mol. The van der Waals surface area contributed by atoms with Gasteiger partial charge >= 0.3 is 12.2 Å². The summed E-state index contributed by atoms with van der Waals surface area (Å²) in [5.74, 6) is 0.132. The zero-order valence-corrected chi connectivity index (χ0v) is 14.7. The Morgan fingerprint density at radius 3 is 2.28 bits per heavy atom. The second kappa shape index (κ2) is 6.78. The Bertz CT molecular complexity index is 743. The summed E-state index contributed by atoms with van der Waals surface area (Å²) in [6.45, 7) is 5.58. The summed E-state index contributed by atoms with van der Waals surface area (Å²) in [5, 5.41) is 0. The van der Waals surface area contributed by atoms with Gasteiger partial charge in [-0.15, -0.1) is 0 Å². The third-order valence-electron chi connectivity index (χ3n) is 3.19. The fourth-order valence-corrected chi connectivity index (χ4v) is 2.18.